The van der Waals surface area contributed by atoms with E-state index in [2.05, 4.69) is 20.8 Å². The van der Waals surface area contributed by atoms with Gasteiger partial charge in [-0.25, -0.2) is 4.79 Å². The lowest BCUT2D eigenvalue weighted by Gasteiger charge is -2.28. The number of carbonyl (C=O) groups is 2. The van der Waals surface area contributed by atoms with E-state index in [1.165, 1.54) is 0 Å². The minimum atomic E-state index is -0.470. The first-order valence-corrected chi connectivity index (χ1v) is 8.54. The zero-order chi connectivity index (χ0) is 16.1. The molecule has 1 amide bonds. The predicted octanol–water partition coefficient (Wildman–Crippen LogP) is 3.93. The highest BCUT2D eigenvalue weighted by Gasteiger charge is 2.26. The molecular weight excluding hydrogens is 266 g/mol. The average molecular weight is 299 g/mol. The maximum atomic E-state index is 12.3. The van der Waals surface area contributed by atoms with Crippen LogP contribution in [0.4, 0.5) is 0 Å². The van der Waals surface area contributed by atoms with Gasteiger partial charge in [-0.3, -0.25) is 4.79 Å². The van der Waals surface area contributed by atoms with Gasteiger partial charge in [0.05, 0.1) is 6.61 Å². The largest absolute Gasteiger partial charge is 0.464 e. The smallest absolute Gasteiger partial charge is 0.328 e. The second-order valence-electron chi connectivity index (χ2n) is 5.59. The van der Waals surface area contributed by atoms with Gasteiger partial charge in [0.15, 0.2) is 0 Å². The van der Waals surface area contributed by atoms with Crippen LogP contribution in [0.15, 0.2) is 0 Å². The minimum absolute atomic E-state index is 0.0804. The quantitative estimate of drug-likeness (QED) is 0.405. The lowest BCUT2D eigenvalue weighted by molar-refractivity contribution is -0.154. The SMILES string of the molecule is CCCCCC(=O)N(CCCC)C(C)C(=O)OCCCC. The third kappa shape index (κ3) is 8.74. The summed E-state index contributed by atoms with van der Waals surface area (Å²) in [6.07, 6.45) is 7.39. The molecule has 4 heteroatoms. The Morgan fingerprint density at radius 2 is 1.57 bits per heavy atom. The number of esters is 1. The van der Waals surface area contributed by atoms with Gasteiger partial charge in [-0.15, -0.1) is 0 Å². The van der Waals surface area contributed by atoms with Crippen molar-refractivity contribution in [2.24, 2.45) is 0 Å². The van der Waals surface area contributed by atoms with Crippen molar-refractivity contribution in [2.45, 2.75) is 85.1 Å². The molecule has 0 rings (SSSR count). The van der Waals surface area contributed by atoms with Crippen molar-refractivity contribution in [3.63, 3.8) is 0 Å². The molecular formula is C17H33NO3. The Hall–Kier alpha value is -1.06. The lowest BCUT2D eigenvalue weighted by atomic mass is 10.1. The molecule has 21 heavy (non-hydrogen) atoms. The first-order valence-electron chi connectivity index (χ1n) is 8.54. The van der Waals surface area contributed by atoms with Crippen LogP contribution in [0.3, 0.4) is 0 Å². The average Bonchev–Trinajstić information content (AvgIpc) is 2.47. The minimum Gasteiger partial charge on any atom is -0.464 e. The number of carbonyl (C=O) groups excluding carboxylic acids is 2. The normalized spacial score (nSPS) is 12.0. The van der Waals surface area contributed by atoms with E-state index in [0.29, 0.717) is 19.6 Å². The number of amides is 1. The van der Waals surface area contributed by atoms with Crippen LogP contribution in [-0.4, -0.2) is 36.0 Å². The zero-order valence-corrected chi connectivity index (χ0v) is 14.3. The number of unbranched alkanes of at least 4 members (excludes halogenated alkanes) is 4. The number of ether oxygens (including phenoxy) is 1. The van der Waals surface area contributed by atoms with Crippen molar-refractivity contribution in [1.82, 2.24) is 4.90 Å². The van der Waals surface area contributed by atoms with Gasteiger partial charge in [-0.2, -0.15) is 0 Å². The van der Waals surface area contributed by atoms with E-state index < -0.39 is 6.04 Å². The Balaban J connectivity index is 4.48. The van der Waals surface area contributed by atoms with Gasteiger partial charge in [0, 0.05) is 13.0 Å². The summed E-state index contributed by atoms with van der Waals surface area (Å²) >= 11 is 0. The van der Waals surface area contributed by atoms with Crippen molar-refractivity contribution in [1.29, 1.82) is 0 Å². The van der Waals surface area contributed by atoms with Gasteiger partial charge in [-0.1, -0.05) is 46.5 Å². The lowest BCUT2D eigenvalue weighted by Crippen LogP contribution is -2.44. The summed E-state index contributed by atoms with van der Waals surface area (Å²) in [5, 5.41) is 0. The molecule has 0 fully saturated rings. The number of hydrogen-bond acceptors (Lipinski definition) is 3. The van der Waals surface area contributed by atoms with Gasteiger partial charge in [0.1, 0.15) is 6.04 Å². The first-order chi connectivity index (χ1) is 10.1. The van der Waals surface area contributed by atoms with Crippen molar-refractivity contribution < 1.29 is 14.3 Å². The molecule has 0 aromatic heterocycles. The van der Waals surface area contributed by atoms with E-state index in [1.807, 2.05) is 0 Å². The molecule has 0 heterocycles. The van der Waals surface area contributed by atoms with Gasteiger partial charge < -0.3 is 9.64 Å². The van der Waals surface area contributed by atoms with Crippen molar-refractivity contribution >= 4 is 11.9 Å². The number of hydrogen-bond donors (Lipinski definition) is 0. The molecule has 0 aliphatic heterocycles. The van der Waals surface area contributed by atoms with Crippen molar-refractivity contribution in [3.05, 3.63) is 0 Å². The van der Waals surface area contributed by atoms with Crippen LogP contribution >= 0.6 is 0 Å². The topological polar surface area (TPSA) is 46.6 Å². The molecule has 0 aromatic rings. The second kappa shape index (κ2) is 12.7. The van der Waals surface area contributed by atoms with Gasteiger partial charge in [0.2, 0.25) is 5.91 Å². The van der Waals surface area contributed by atoms with Crippen molar-refractivity contribution in [2.75, 3.05) is 13.2 Å². The van der Waals surface area contributed by atoms with Gasteiger partial charge in [0.25, 0.3) is 0 Å². The highest BCUT2D eigenvalue weighted by molar-refractivity contribution is 5.84. The summed E-state index contributed by atoms with van der Waals surface area (Å²) in [6.45, 7) is 9.14. The molecule has 0 N–H and O–H groups in total. The summed E-state index contributed by atoms with van der Waals surface area (Å²) in [5.41, 5.74) is 0. The molecule has 0 radical (unpaired) electrons. The van der Waals surface area contributed by atoms with Crippen LogP contribution < -0.4 is 0 Å². The molecule has 0 bridgehead atoms. The monoisotopic (exact) mass is 299 g/mol. The van der Waals surface area contributed by atoms with E-state index >= 15 is 0 Å². The third-order valence-electron chi connectivity index (χ3n) is 3.62. The van der Waals surface area contributed by atoms with Crippen LogP contribution in [-0.2, 0) is 14.3 Å². The van der Waals surface area contributed by atoms with E-state index in [-0.39, 0.29) is 11.9 Å². The molecule has 0 aliphatic carbocycles. The Bertz CT molecular complexity index is 292. The fourth-order valence-corrected chi connectivity index (χ4v) is 2.10. The van der Waals surface area contributed by atoms with Crippen LogP contribution in [0.5, 0.6) is 0 Å². The molecule has 1 unspecified atom stereocenters. The molecule has 0 saturated carbocycles. The molecule has 1 atom stereocenters. The van der Waals surface area contributed by atoms with Gasteiger partial charge >= 0.3 is 5.97 Å². The standard InChI is InChI=1S/C17H33NO3/c1-5-8-11-12-16(19)18(13-9-6-2)15(4)17(20)21-14-10-7-3/h15H,5-14H2,1-4H3. The summed E-state index contributed by atoms with van der Waals surface area (Å²) in [4.78, 5) is 26.1. The van der Waals surface area contributed by atoms with Crippen molar-refractivity contribution in [3.8, 4) is 0 Å². The van der Waals surface area contributed by atoms with Gasteiger partial charge in [-0.05, 0) is 26.2 Å². The van der Waals surface area contributed by atoms with Crippen LogP contribution in [0, 0.1) is 0 Å². The molecule has 0 saturated heterocycles. The maximum Gasteiger partial charge on any atom is 0.328 e. The maximum absolute atomic E-state index is 12.3. The molecule has 0 spiro atoms. The van der Waals surface area contributed by atoms with E-state index in [9.17, 15) is 9.59 Å². The number of nitrogens with zero attached hydrogens (tertiary/aromatic N) is 1. The van der Waals surface area contributed by atoms with Crippen LogP contribution in [0.1, 0.15) is 79.1 Å². The zero-order valence-electron chi connectivity index (χ0n) is 14.3. The second-order valence-corrected chi connectivity index (χ2v) is 5.59. The first kappa shape index (κ1) is 19.9. The van der Waals surface area contributed by atoms with Crippen LogP contribution in [0.2, 0.25) is 0 Å². The van der Waals surface area contributed by atoms with Crippen LogP contribution in [0.25, 0.3) is 0 Å². The fourth-order valence-electron chi connectivity index (χ4n) is 2.10. The Labute approximate surface area is 130 Å². The molecule has 124 valence electrons. The highest BCUT2D eigenvalue weighted by atomic mass is 16.5. The summed E-state index contributed by atoms with van der Waals surface area (Å²) in [5.74, 6) is -0.194. The van der Waals surface area contributed by atoms with E-state index in [4.69, 9.17) is 4.74 Å². The Morgan fingerprint density at radius 1 is 0.952 bits per heavy atom. The van der Waals surface area contributed by atoms with E-state index in [1.54, 1.807) is 11.8 Å². The summed E-state index contributed by atoms with van der Waals surface area (Å²) in [6, 6.07) is -0.470. The molecule has 4 nitrogen and oxygen atoms in total. The molecule has 0 aromatic carbocycles. The van der Waals surface area contributed by atoms with E-state index in [0.717, 1.165) is 44.9 Å². The Kier molecular flexibility index (Phi) is 12.0. The highest BCUT2D eigenvalue weighted by Crippen LogP contribution is 2.10. The summed E-state index contributed by atoms with van der Waals surface area (Å²) < 4.78 is 5.25. The Morgan fingerprint density at radius 3 is 2.14 bits per heavy atom. The third-order valence-corrected chi connectivity index (χ3v) is 3.62. The predicted molar refractivity (Wildman–Crippen MR) is 86.1 cm³/mol. The molecule has 0 aliphatic rings. The summed E-state index contributed by atoms with van der Waals surface area (Å²) in [7, 11) is 0. The fraction of sp³-hybridized carbons (Fsp3) is 0.882. The number of rotatable bonds is 12.